The van der Waals surface area contributed by atoms with Gasteiger partial charge in [0.15, 0.2) is 0 Å². The van der Waals surface area contributed by atoms with Gasteiger partial charge in [-0.2, -0.15) is 0 Å². The Kier molecular flexibility index (Phi) is 5.38. The van der Waals surface area contributed by atoms with Gasteiger partial charge in [-0.1, -0.05) is 26.8 Å². The molecule has 102 valence electrons. The fourth-order valence-electron chi connectivity index (χ4n) is 2.11. The summed E-state index contributed by atoms with van der Waals surface area (Å²) in [7, 11) is 0. The number of cyclic esters (lactones) is 1. The van der Waals surface area contributed by atoms with Gasteiger partial charge in [0.25, 0.3) is 0 Å². The number of unbranched alkanes of at least 4 members (excludes halogenated alkanes) is 1. The number of amides is 2. The summed E-state index contributed by atoms with van der Waals surface area (Å²) in [6, 6.07) is -0.119. The second-order valence-electron chi connectivity index (χ2n) is 5.22. The van der Waals surface area contributed by atoms with Crippen molar-refractivity contribution < 1.29 is 14.3 Å². The van der Waals surface area contributed by atoms with Crippen LogP contribution in [0.1, 0.15) is 40.0 Å². The summed E-state index contributed by atoms with van der Waals surface area (Å²) >= 11 is 0. The van der Waals surface area contributed by atoms with Gasteiger partial charge in [0.2, 0.25) is 5.91 Å². The Morgan fingerprint density at radius 3 is 2.78 bits per heavy atom. The number of hydrogen-bond acceptors (Lipinski definition) is 3. The van der Waals surface area contributed by atoms with Crippen molar-refractivity contribution in [2.24, 2.45) is 11.8 Å². The summed E-state index contributed by atoms with van der Waals surface area (Å²) in [6.07, 6.45) is 3.95. The van der Waals surface area contributed by atoms with E-state index >= 15 is 0 Å². The highest BCUT2D eigenvalue weighted by Gasteiger charge is 2.40. The van der Waals surface area contributed by atoms with Gasteiger partial charge in [-0.15, -0.1) is 6.58 Å². The van der Waals surface area contributed by atoms with E-state index in [1.807, 2.05) is 26.8 Å². The van der Waals surface area contributed by atoms with E-state index < -0.39 is 6.09 Å². The number of nitrogens with zero attached hydrogens (tertiary/aromatic N) is 1. The molecule has 1 rings (SSSR count). The minimum absolute atomic E-state index is 0.111. The minimum Gasteiger partial charge on any atom is -0.447 e. The lowest BCUT2D eigenvalue weighted by Crippen LogP contribution is -2.44. The van der Waals surface area contributed by atoms with Gasteiger partial charge < -0.3 is 4.74 Å². The van der Waals surface area contributed by atoms with Crippen LogP contribution in [0.25, 0.3) is 0 Å². The summed E-state index contributed by atoms with van der Waals surface area (Å²) < 4.78 is 4.99. The smallest absolute Gasteiger partial charge is 0.416 e. The molecule has 2 atom stereocenters. The van der Waals surface area contributed by atoms with Gasteiger partial charge in [0, 0.05) is 5.92 Å². The first kappa shape index (κ1) is 14.7. The van der Waals surface area contributed by atoms with Crippen LogP contribution in [0.15, 0.2) is 12.7 Å². The van der Waals surface area contributed by atoms with Gasteiger partial charge in [-0.3, -0.25) is 4.79 Å². The molecule has 4 heteroatoms. The van der Waals surface area contributed by atoms with Crippen molar-refractivity contribution in [3.63, 3.8) is 0 Å². The molecular formula is C14H23NO3. The molecule has 18 heavy (non-hydrogen) atoms. The molecule has 0 spiro atoms. The van der Waals surface area contributed by atoms with E-state index in [1.165, 1.54) is 4.90 Å². The number of imide groups is 1. The Hall–Kier alpha value is -1.32. The Bertz CT molecular complexity index is 325. The van der Waals surface area contributed by atoms with Crippen molar-refractivity contribution in [2.75, 3.05) is 6.61 Å². The quantitative estimate of drug-likeness (QED) is 0.540. The predicted octanol–water partition coefficient (Wildman–Crippen LogP) is 2.98. The zero-order chi connectivity index (χ0) is 13.7. The number of rotatable bonds is 6. The second-order valence-corrected chi connectivity index (χ2v) is 5.22. The standard InChI is InChI=1S/C14H23NO3/c1-5-6-7-8-11(4)13(16)15-12(10(2)3)9-18-14(15)17/h5,10-12H,1,6-9H2,2-4H3/t11?,12-/m1/s1. The molecule has 0 aromatic heterocycles. The maximum Gasteiger partial charge on any atom is 0.416 e. The van der Waals surface area contributed by atoms with Crippen LogP contribution < -0.4 is 0 Å². The van der Waals surface area contributed by atoms with Gasteiger partial charge in [-0.25, -0.2) is 9.69 Å². The molecule has 0 aliphatic carbocycles. The molecule has 0 bridgehead atoms. The lowest BCUT2D eigenvalue weighted by molar-refractivity contribution is -0.133. The molecule has 1 heterocycles. The predicted molar refractivity (Wildman–Crippen MR) is 70.0 cm³/mol. The number of hydrogen-bond donors (Lipinski definition) is 0. The van der Waals surface area contributed by atoms with Crippen molar-refractivity contribution in [1.29, 1.82) is 0 Å². The lowest BCUT2D eigenvalue weighted by atomic mass is 9.99. The molecule has 4 nitrogen and oxygen atoms in total. The average Bonchev–Trinajstić information content (AvgIpc) is 2.70. The number of carbonyl (C=O) groups excluding carboxylic acids is 2. The van der Waals surface area contributed by atoms with E-state index in [2.05, 4.69) is 6.58 Å². The summed E-state index contributed by atoms with van der Waals surface area (Å²) in [5.41, 5.74) is 0. The van der Waals surface area contributed by atoms with Crippen LogP contribution in [0.3, 0.4) is 0 Å². The highest BCUT2D eigenvalue weighted by molar-refractivity contribution is 5.94. The maximum absolute atomic E-state index is 12.3. The van der Waals surface area contributed by atoms with Crippen LogP contribution >= 0.6 is 0 Å². The topological polar surface area (TPSA) is 46.6 Å². The van der Waals surface area contributed by atoms with E-state index in [9.17, 15) is 9.59 Å². The summed E-state index contributed by atoms with van der Waals surface area (Å²) in [4.78, 5) is 25.2. The zero-order valence-corrected chi connectivity index (χ0v) is 11.5. The molecule has 1 fully saturated rings. The molecule has 0 aromatic carbocycles. The highest BCUT2D eigenvalue weighted by Crippen LogP contribution is 2.23. The molecule has 0 saturated carbocycles. The van der Waals surface area contributed by atoms with Gasteiger partial charge in [-0.05, 0) is 25.2 Å². The first-order valence-corrected chi connectivity index (χ1v) is 6.59. The SMILES string of the molecule is C=CCCCC(C)C(=O)N1C(=O)OC[C@@H]1C(C)C. The third kappa shape index (κ3) is 3.34. The van der Waals surface area contributed by atoms with E-state index in [1.54, 1.807) is 0 Å². The van der Waals surface area contributed by atoms with Gasteiger partial charge in [0.1, 0.15) is 6.61 Å². The molecule has 1 aliphatic heterocycles. The van der Waals surface area contributed by atoms with Crippen LogP contribution in [0, 0.1) is 11.8 Å². The van der Waals surface area contributed by atoms with E-state index in [4.69, 9.17) is 4.74 Å². The molecule has 0 aromatic rings. The molecular weight excluding hydrogens is 230 g/mol. The first-order valence-electron chi connectivity index (χ1n) is 6.59. The maximum atomic E-state index is 12.3. The van der Waals surface area contributed by atoms with Gasteiger partial charge in [0.05, 0.1) is 6.04 Å². The lowest BCUT2D eigenvalue weighted by Gasteiger charge is -2.25. The molecule has 1 aliphatic rings. The molecule has 0 N–H and O–H groups in total. The second kappa shape index (κ2) is 6.57. The van der Waals surface area contributed by atoms with Gasteiger partial charge >= 0.3 is 6.09 Å². The first-order chi connectivity index (χ1) is 8.49. The summed E-state index contributed by atoms with van der Waals surface area (Å²) in [6.45, 7) is 9.84. The van der Waals surface area contributed by atoms with Crippen LogP contribution in [-0.2, 0) is 9.53 Å². The number of allylic oxidation sites excluding steroid dienone is 1. The van der Waals surface area contributed by atoms with Crippen molar-refractivity contribution in [3.05, 3.63) is 12.7 Å². The van der Waals surface area contributed by atoms with Crippen LogP contribution in [0.2, 0.25) is 0 Å². The normalized spacial score (nSPS) is 21.0. The third-order valence-corrected chi connectivity index (χ3v) is 3.38. The summed E-state index contributed by atoms with van der Waals surface area (Å²) in [5, 5.41) is 0. The van der Waals surface area contributed by atoms with Crippen molar-refractivity contribution in [1.82, 2.24) is 4.90 Å². The van der Waals surface area contributed by atoms with E-state index in [-0.39, 0.29) is 23.8 Å². The molecule has 1 unspecified atom stereocenters. The largest absolute Gasteiger partial charge is 0.447 e. The Labute approximate surface area is 109 Å². The zero-order valence-electron chi connectivity index (χ0n) is 11.5. The Morgan fingerprint density at radius 2 is 2.22 bits per heavy atom. The Balaban J connectivity index is 2.62. The Morgan fingerprint density at radius 1 is 1.56 bits per heavy atom. The molecule has 1 saturated heterocycles. The van der Waals surface area contributed by atoms with Crippen molar-refractivity contribution in [3.8, 4) is 0 Å². The van der Waals surface area contributed by atoms with E-state index in [0.717, 1.165) is 19.3 Å². The van der Waals surface area contributed by atoms with Crippen molar-refractivity contribution in [2.45, 2.75) is 46.1 Å². The highest BCUT2D eigenvalue weighted by atomic mass is 16.6. The van der Waals surface area contributed by atoms with E-state index in [0.29, 0.717) is 6.61 Å². The number of ether oxygens (including phenoxy) is 1. The van der Waals surface area contributed by atoms with Crippen LogP contribution in [0.5, 0.6) is 0 Å². The molecule has 2 amide bonds. The number of carbonyl (C=O) groups is 2. The van der Waals surface area contributed by atoms with Crippen molar-refractivity contribution >= 4 is 12.0 Å². The third-order valence-electron chi connectivity index (χ3n) is 3.38. The fraction of sp³-hybridized carbons (Fsp3) is 0.714. The monoisotopic (exact) mass is 253 g/mol. The minimum atomic E-state index is -0.491. The summed E-state index contributed by atoms with van der Waals surface area (Å²) in [5.74, 6) is -0.0297. The molecule has 0 radical (unpaired) electrons. The average molecular weight is 253 g/mol. The van der Waals surface area contributed by atoms with Crippen LogP contribution in [0.4, 0.5) is 4.79 Å². The fourth-order valence-corrected chi connectivity index (χ4v) is 2.11. The van der Waals surface area contributed by atoms with Crippen LogP contribution in [-0.4, -0.2) is 29.5 Å².